The van der Waals surface area contributed by atoms with Crippen molar-refractivity contribution >= 4 is 11.7 Å². The molecule has 1 aliphatic heterocycles. The molecule has 1 saturated heterocycles. The van der Waals surface area contributed by atoms with E-state index in [1.165, 1.54) is 0 Å². The van der Waals surface area contributed by atoms with Crippen LogP contribution < -0.4 is 4.90 Å². The van der Waals surface area contributed by atoms with E-state index >= 15 is 0 Å². The molecule has 0 aliphatic carbocycles. The average Bonchev–Trinajstić information content (AvgIpc) is 2.99. The summed E-state index contributed by atoms with van der Waals surface area (Å²) >= 11 is 0. The van der Waals surface area contributed by atoms with Gasteiger partial charge < -0.3 is 9.80 Å². The highest BCUT2D eigenvalue weighted by Gasteiger charge is 2.25. The second kappa shape index (κ2) is 6.76. The number of amides is 1. The number of carbonyl (C=O) groups is 1. The highest BCUT2D eigenvalue weighted by molar-refractivity contribution is 5.80. The van der Waals surface area contributed by atoms with Crippen LogP contribution in [0.25, 0.3) is 0 Å². The molecule has 1 amide bonds. The zero-order chi connectivity index (χ0) is 16.2. The third-order valence-electron chi connectivity index (χ3n) is 4.19. The van der Waals surface area contributed by atoms with E-state index in [0.29, 0.717) is 6.54 Å². The van der Waals surface area contributed by atoms with Crippen LogP contribution in [0.1, 0.15) is 25.1 Å². The van der Waals surface area contributed by atoms with E-state index in [1.54, 1.807) is 10.9 Å². The van der Waals surface area contributed by atoms with Gasteiger partial charge in [0.1, 0.15) is 6.04 Å². The third kappa shape index (κ3) is 3.49. The van der Waals surface area contributed by atoms with Gasteiger partial charge in [0.05, 0.1) is 5.69 Å². The number of aromatic nitrogens is 4. The van der Waals surface area contributed by atoms with E-state index in [9.17, 15) is 4.79 Å². The van der Waals surface area contributed by atoms with Crippen LogP contribution in [0.3, 0.4) is 0 Å². The fourth-order valence-corrected chi connectivity index (χ4v) is 2.81. The van der Waals surface area contributed by atoms with Crippen molar-refractivity contribution in [3.8, 4) is 0 Å². The number of carbonyl (C=O) groups excluding carboxylic acids is 1. The number of hydrogen-bond donors (Lipinski definition) is 0. The van der Waals surface area contributed by atoms with Gasteiger partial charge in [-0.25, -0.2) is 0 Å². The fourth-order valence-electron chi connectivity index (χ4n) is 2.81. The predicted octanol–water partition coefficient (Wildman–Crippen LogP) is 1.28. The summed E-state index contributed by atoms with van der Waals surface area (Å²) in [6, 6.07) is 5.53. The molecule has 7 nitrogen and oxygen atoms in total. The molecular weight excluding hydrogens is 292 g/mol. The van der Waals surface area contributed by atoms with Crippen molar-refractivity contribution in [1.29, 1.82) is 0 Å². The number of hydrogen-bond acceptors (Lipinski definition) is 5. The first-order valence-corrected chi connectivity index (χ1v) is 7.98. The molecule has 0 radical (unpaired) electrons. The summed E-state index contributed by atoms with van der Waals surface area (Å²) in [6.45, 7) is 6.94. The van der Waals surface area contributed by atoms with Crippen molar-refractivity contribution in [2.45, 2.75) is 26.3 Å². The monoisotopic (exact) mass is 314 g/mol. The van der Waals surface area contributed by atoms with E-state index in [4.69, 9.17) is 0 Å². The Balaban J connectivity index is 1.64. The Bertz CT molecular complexity index is 639. The topological polar surface area (TPSA) is 67.2 Å². The molecule has 2 aromatic rings. The first-order valence-electron chi connectivity index (χ1n) is 7.98. The average molecular weight is 314 g/mol. The lowest BCUT2D eigenvalue weighted by atomic mass is 10.2. The first kappa shape index (κ1) is 15.5. The van der Waals surface area contributed by atoms with Crippen LogP contribution in [0.4, 0.5) is 5.82 Å². The van der Waals surface area contributed by atoms with Crippen LogP contribution in [-0.4, -0.2) is 57.0 Å². The number of nitrogens with zero attached hydrogens (tertiary/aromatic N) is 6. The minimum absolute atomic E-state index is 0.116. The molecule has 1 atom stereocenters. The summed E-state index contributed by atoms with van der Waals surface area (Å²) in [5.74, 6) is 0.996. The third-order valence-corrected chi connectivity index (χ3v) is 4.19. The molecule has 23 heavy (non-hydrogen) atoms. The highest BCUT2D eigenvalue weighted by atomic mass is 16.2. The largest absolute Gasteiger partial charge is 0.353 e. The SMILES string of the molecule is Cc1ccc(N2CCCN(C(=O)C(C)n3cccn3)CC2)nn1. The Labute approximate surface area is 135 Å². The lowest BCUT2D eigenvalue weighted by Gasteiger charge is -2.25. The molecule has 122 valence electrons. The van der Waals surface area contributed by atoms with Crippen LogP contribution in [0.5, 0.6) is 0 Å². The Morgan fingerprint density at radius 3 is 2.74 bits per heavy atom. The van der Waals surface area contributed by atoms with Gasteiger partial charge in [-0.1, -0.05) is 0 Å². The standard InChI is InChI=1S/C16H22N6O/c1-13-5-6-15(19-18-13)20-8-4-9-21(12-11-20)16(23)14(2)22-10-3-7-17-22/h3,5-7,10,14H,4,8-9,11-12H2,1-2H3. The predicted molar refractivity (Wildman–Crippen MR) is 87.1 cm³/mol. The molecule has 0 saturated carbocycles. The molecule has 0 aromatic carbocycles. The number of aryl methyl sites for hydroxylation is 1. The van der Waals surface area contributed by atoms with E-state index in [-0.39, 0.29) is 11.9 Å². The number of anilines is 1. The molecule has 0 bridgehead atoms. The molecule has 7 heteroatoms. The van der Waals surface area contributed by atoms with Gasteiger partial charge in [-0.3, -0.25) is 9.48 Å². The maximum Gasteiger partial charge on any atom is 0.247 e. The van der Waals surface area contributed by atoms with E-state index in [1.807, 2.05) is 43.1 Å². The van der Waals surface area contributed by atoms with E-state index in [2.05, 4.69) is 20.2 Å². The molecule has 1 fully saturated rings. The molecule has 3 heterocycles. The van der Waals surface area contributed by atoms with Gasteiger partial charge in [-0.15, -0.1) is 5.10 Å². The van der Waals surface area contributed by atoms with Gasteiger partial charge in [-0.05, 0) is 38.5 Å². The van der Waals surface area contributed by atoms with E-state index < -0.39 is 0 Å². The van der Waals surface area contributed by atoms with Gasteiger partial charge in [0, 0.05) is 38.6 Å². The second-order valence-corrected chi connectivity index (χ2v) is 5.86. The lowest BCUT2D eigenvalue weighted by Crippen LogP contribution is -2.39. The lowest BCUT2D eigenvalue weighted by molar-refractivity contribution is -0.134. The van der Waals surface area contributed by atoms with Gasteiger partial charge in [-0.2, -0.15) is 10.2 Å². The van der Waals surface area contributed by atoms with Crippen molar-refractivity contribution < 1.29 is 4.79 Å². The summed E-state index contributed by atoms with van der Waals surface area (Å²) in [6.07, 6.45) is 4.45. The van der Waals surface area contributed by atoms with Gasteiger partial charge >= 0.3 is 0 Å². The summed E-state index contributed by atoms with van der Waals surface area (Å²) in [5, 5.41) is 12.5. The quantitative estimate of drug-likeness (QED) is 0.854. The molecule has 1 unspecified atom stereocenters. The maximum absolute atomic E-state index is 12.7. The van der Waals surface area contributed by atoms with E-state index in [0.717, 1.165) is 37.6 Å². The molecule has 0 spiro atoms. The number of rotatable bonds is 3. The van der Waals surface area contributed by atoms with Gasteiger partial charge in [0.25, 0.3) is 0 Å². The van der Waals surface area contributed by atoms with Crippen LogP contribution in [-0.2, 0) is 4.79 Å². The normalized spacial score (nSPS) is 17.0. The van der Waals surface area contributed by atoms with Crippen LogP contribution >= 0.6 is 0 Å². The molecular formula is C16H22N6O. The van der Waals surface area contributed by atoms with Crippen LogP contribution in [0.15, 0.2) is 30.6 Å². The fraction of sp³-hybridized carbons (Fsp3) is 0.500. The molecule has 1 aliphatic rings. The van der Waals surface area contributed by atoms with Crippen LogP contribution in [0, 0.1) is 6.92 Å². The summed E-state index contributed by atoms with van der Waals surface area (Å²) in [7, 11) is 0. The zero-order valence-corrected chi connectivity index (χ0v) is 13.6. The highest BCUT2D eigenvalue weighted by Crippen LogP contribution is 2.15. The summed E-state index contributed by atoms with van der Waals surface area (Å²) in [5.41, 5.74) is 0.911. The Hall–Kier alpha value is -2.44. The van der Waals surface area contributed by atoms with Crippen molar-refractivity contribution in [3.63, 3.8) is 0 Å². The van der Waals surface area contributed by atoms with Crippen molar-refractivity contribution in [2.24, 2.45) is 0 Å². The van der Waals surface area contributed by atoms with Gasteiger partial charge in [0.15, 0.2) is 5.82 Å². The minimum atomic E-state index is -0.268. The Morgan fingerprint density at radius 2 is 2.04 bits per heavy atom. The van der Waals surface area contributed by atoms with Crippen molar-refractivity contribution in [1.82, 2.24) is 24.9 Å². The second-order valence-electron chi connectivity index (χ2n) is 5.86. The molecule has 2 aromatic heterocycles. The Morgan fingerprint density at radius 1 is 1.17 bits per heavy atom. The molecule has 0 N–H and O–H groups in total. The smallest absolute Gasteiger partial charge is 0.247 e. The minimum Gasteiger partial charge on any atom is -0.353 e. The molecule has 3 rings (SSSR count). The first-order chi connectivity index (χ1) is 11.1. The van der Waals surface area contributed by atoms with Crippen molar-refractivity contribution in [3.05, 3.63) is 36.3 Å². The maximum atomic E-state index is 12.7. The summed E-state index contributed by atoms with van der Waals surface area (Å²) in [4.78, 5) is 16.8. The Kier molecular flexibility index (Phi) is 4.55. The zero-order valence-electron chi connectivity index (χ0n) is 13.6. The van der Waals surface area contributed by atoms with Gasteiger partial charge in [0.2, 0.25) is 5.91 Å². The summed E-state index contributed by atoms with van der Waals surface area (Å²) < 4.78 is 1.70. The van der Waals surface area contributed by atoms with Crippen molar-refractivity contribution in [2.75, 3.05) is 31.1 Å². The van der Waals surface area contributed by atoms with Crippen LogP contribution in [0.2, 0.25) is 0 Å².